The summed E-state index contributed by atoms with van der Waals surface area (Å²) < 4.78 is 0. The number of nitrogen functional groups attached to an aromatic ring is 1. The van der Waals surface area contributed by atoms with E-state index in [1.165, 1.54) is 11.8 Å². The van der Waals surface area contributed by atoms with Crippen LogP contribution in [-0.4, -0.2) is 11.2 Å². The van der Waals surface area contributed by atoms with Gasteiger partial charge in [0.1, 0.15) is 0 Å². The van der Waals surface area contributed by atoms with E-state index in [4.69, 9.17) is 23.2 Å². The number of rotatable bonds is 4. The molecule has 0 heterocycles. The van der Waals surface area contributed by atoms with Crippen molar-refractivity contribution < 1.29 is 4.79 Å². The van der Waals surface area contributed by atoms with Crippen LogP contribution in [0, 0.1) is 0 Å². The lowest BCUT2D eigenvalue weighted by molar-refractivity contribution is -0.121. The predicted molar refractivity (Wildman–Crippen MR) is 68.1 cm³/mol. The van der Waals surface area contributed by atoms with Crippen LogP contribution < -0.4 is 17.0 Å². The van der Waals surface area contributed by atoms with Crippen molar-refractivity contribution in [2.24, 2.45) is 5.84 Å². The second kappa shape index (κ2) is 5.98. The molecule has 16 heavy (non-hydrogen) atoms. The minimum atomic E-state index is -0.203. The zero-order valence-electron chi connectivity index (χ0n) is 8.87. The number of nitrogens with one attached hydrogen (secondary N) is 1. The van der Waals surface area contributed by atoms with Crippen LogP contribution >= 0.6 is 23.4 Å². The fourth-order valence-electron chi connectivity index (χ4n) is 1.21. The lowest BCUT2D eigenvalue weighted by Gasteiger charge is -2.13. The molecule has 1 amide bonds. The molecular weight excluding hydrogens is 246 g/mol. The maximum Gasteiger partial charge on any atom is 0.234 e. The van der Waals surface area contributed by atoms with Gasteiger partial charge in [-0.3, -0.25) is 10.2 Å². The molecule has 0 spiro atoms. The third-order valence-electron chi connectivity index (χ3n) is 1.95. The van der Waals surface area contributed by atoms with Crippen LogP contribution in [0.3, 0.4) is 0 Å². The number of hydrogen-bond acceptors (Lipinski definition) is 4. The molecule has 1 unspecified atom stereocenters. The number of carbonyl (C=O) groups excluding carboxylic acids is 1. The molecule has 0 bridgehead atoms. The van der Waals surface area contributed by atoms with E-state index in [9.17, 15) is 4.79 Å². The summed E-state index contributed by atoms with van der Waals surface area (Å²) in [6.07, 6.45) is 0.325. The summed E-state index contributed by atoms with van der Waals surface area (Å²) in [7, 11) is 0. The van der Waals surface area contributed by atoms with Gasteiger partial charge < -0.3 is 5.73 Å². The third kappa shape index (κ3) is 3.59. The van der Waals surface area contributed by atoms with E-state index in [1.807, 2.05) is 6.92 Å². The molecule has 5 N–H and O–H groups in total. The summed E-state index contributed by atoms with van der Waals surface area (Å²) in [4.78, 5) is 11.9. The van der Waals surface area contributed by atoms with Crippen LogP contribution in [0.4, 0.5) is 5.69 Å². The molecule has 4 nitrogen and oxygen atoms in total. The van der Waals surface area contributed by atoms with Gasteiger partial charge >= 0.3 is 0 Å². The Bertz CT molecular complexity index is 366. The zero-order valence-corrected chi connectivity index (χ0v) is 10.4. The first-order valence-corrected chi connectivity index (χ1v) is 6.00. The van der Waals surface area contributed by atoms with Crippen LogP contribution in [0.5, 0.6) is 0 Å². The van der Waals surface area contributed by atoms with Gasteiger partial charge in [-0.2, -0.15) is 0 Å². The van der Waals surface area contributed by atoms with E-state index < -0.39 is 0 Å². The average molecular weight is 260 g/mol. The van der Waals surface area contributed by atoms with Crippen molar-refractivity contribution in [3.8, 4) is 0 Å². The highest BCUT2D eigenvalue weighted by atomic mass is 35.5. The van der Waals surface area contributed by atoms with Crippen molar-refractivity contribution in [2.75, 3.05) is 5.73 Å². The number of carbonyl (C=O) groups is 1. The molecule has 0 saturated heterocycles. The number of nitrogens with two attached hydrogens (primary N) is 2. The third-order valence-corrected chi connectivity index (χ3v) is 3.64. The smallest absolute Gasteiger partial charge is 0.234 e. The van der Waals surface area contributed by atoms with Gasteiger partial charge in [0.25, 0.3) is 0 Å². The second-order valence-corrected chi connectivity index (χ2v) is 5.21. The molecule has 1 aromatic rings. The highest BCUT2D eigenvalue weighted by Gasteiger charge is 2.13. The lowest BCUT2D eigenvalue weighted by Crippen LogP contribution is -2.31. The Hall–Kier alpha value is -0.910. The van der Waals surface area contributed by atoms with Crippen LogP contribution in [0.25, 0.3) is 0 Å². The fraction of sp³-hybridized carbons (Fsp3) is 0.300. The summed E-state index contributed by atoms with van der Waals surface area (Å²) in [5.41, 5.74) is 8.52. The van der Waals surface area contributed by atoms with Crippen molar-refractivity contribution in [1.29, 1.82) is 0 Å². The molecule has 1 atom stereocenters. The highest BCUT2D eigenvalue weighted by Crippen LogP contribution is 2.35. The average Bonchev–Trinajstić information content (AvgIpc) is 2.23. The molecule has 0 saturated carbocycles. The van der Waals surface area contributed by atoms with Crippen molar-refractivity contribution in [3.05, 3.63) is 23.2 Å². The number of thioether (sulfide) groups is 1. The molecule has 88 valence electrons. The quantitative estimate of drug-likeness (QED) is 0.253. The molecule has 1 rings (SSSR count). The minimum Gasteiger partial charge on any atom is -0.398 e. The van der Waals surface area contributed by atoms with Gasteiger partial charge in [0.15, 0.2) is 0 Å². The fourth-order valence-corrected chi connectivity index (χ4v) is 2.55. The van der Waals surface area contributed by atoms with E-state index in [0.29, 0.717) is 17.1 Å². The molecular formula is C10H14ClN3OS. The Morgan fingerprint density at radius 2 is 2.31 bits per heavy atom. The molecule has 0 aliphatic carbocycles. The summed E-state index contributed by atoms with van der Waals surface area (Å²) in [6.45, 7) is 1.92. The number of halogens is 1. The van der Waals surface area contributed by atoms with Gasteiger partial charge in [0.05, 0.1) is 5.02 Å². The SMILES string of the molecule is CC(CC(=O)NN)Sc1c(N)cccc1Cl. The summed E-state index contributed by atoms with van der Waals surface area (Å²) in [5, 5.41) is 0.663. The molecule has 0 aliphatic heterocycles. The molecule has 0 fully saturated rings. The first-order valence-electron chi connectivity index (χ1n) is 4.74. The number of anilines is 1. The molecule has 0 aromatic heterocycles. The topological polar surface area (TPSA) is 81.1 Å². The molecule has 1 aromatic carbocycles. The van der Waals surface area contributed by atoms with Gasteiger partial charge in [-0.15, -0.1) is 11.8 Å². The second-order valence-electron chi connectivity index (χ2n) is 3.36. The monoisotopic (exact) mass is 259 g/mol. The Morgan fingerprint density at radius 3 is 2.88 bits per heavy atom. The van der Waals surface area contributed by atoms with Crippen molar-refractivity contribution in [2.45, 2.75) is 23.5 Å². The Balaban J connectivity index is 2.69. The molecule has 0 aliphatic rings. The van der Waals surface area contributed by atoms with Crippen LogP contribution in [0.2, 0.25) is 5.02 Å². The molecule has 0 radical (unpaired) electrons. The van der Waals surface area contributed by atoms with E-state index >= 15 is 0 Å². The van der Waals surface area contributed by atoms with Crippen LogP contribution in [0.1, 0.15) is 13.3 Å². The Labute approximate surface area is 104 Å². The Morgan fingerprint density at radius 1 is 1.62 bits per heavy atom. The lowest BCUT2D eigenvalue weighted by atomic mass is 10.3. The summed E-state index contributed by atoms with van der Waals surface area (Å²) in [5.74, 6) is 4.81. The number of hydrogen-bond donors (Lipinski definition) is 3. The number of benzene rings is 1. The standard InChI is InChI=1S/C10H14ClN3OS/c1-6(5-9(15)14-13)16-10-7(11)3-2-4-8(10)12/h2-4,6H,5,12-13H2,1H3,(H,14,15). The zero-order chi connectivity index (χ0) is 12.1. The predicted octanol–water partition coefficient (Wildman–Crippen LogP) is 1.78. The van der Waals surface area contributed by atoms with E-state index in [1.54, 1.807) is 18.2 Å². The van der Waals surface area contributed by atoms with Gasteiger partial charge in [-0.05, 0) is 12.1 Å². The van der Waals surface area contributed by atoms with Crippen molar-refractivity contribution in [1.82, 2.24) is 5.43 Å². The van der Waals surface area contributed by atoms with Gasteiger partial charge in [-0.25, -0.2) is 5.84 Å². The van der Waals surface area contributed by atoms with E-state index in [2.05, 4.69) is 5.43 Å². The Kier molecular flexibility index (Phi) is 4.92. The van der Waals surface area contributed by atoms with E-state index in [-0.39, 0.29) is 11.2 Å². The van der Waals surface area contributed by atoms with Gasteiger partial charge in [0.2, 0.25) is 5.91 Å². The molecule has 6 heteroatoms. The van der Waals surface area contributed by atoms with Crippen LogP contribution in [-0.2, 0) is 4.79 Å². The largest absolute Gasteiger partial charge is 0.398 e. The van der Waals surface area contributed by atoms with E-state index in [0.717, 1.165) is 4.90 Å². The van der Waals surface area contributed by atoms with Gasteiger partial charge in [0, 0.05) is 22.3 Å². The van der Waals surface area contributed by atoms with Crippen LogP contribution in [0.15, 0.2) is 23.1 Å². The summed E-state index contributed by atoms with van der Waals surface area (Å²) >= 11 is 7.49. The minimum absolute atomic E-state index is 0.0609. The normalized spacial score (nSPS) is 12.2. The first kappa shape index (κ1) is 13.2. The summed E-state index contributed by atoms with van der Waals surface area (Å²) in [6, 6.07) is 5.35. The number of amides is 1. The van der Waals surface area contributed by atoms with Gasteiger partial charge in [-0.1, -0.05) is 24.6 Å². The number of hydrazine groups is 1. The van der Waals surface area contributed by atoms with Crippen molar-refractivity contribution >= 4 is 35.0 Å². The van der Waals surface area contributed by atoms with Crippen molar-refractivity contribution in [3.63, 3.8) is 0 Å². The first-order chi connectivity index (χ1) is 7.54. The highest BCUT2D eigenvalue weighted by molar-refractivity contribution is 8.00. The maximum atomic E-state index is 11.1. The maximum absolute atomic E-state index is 11.1.